The van der Waals surface area contributed by atoms with Gasteiger partial charge in [0.15, 0.2) is 6.17 Å². The third-order valence-electron chi connectivity index (χ3n) is 4.67. The number of rotatable bonds is 3. The molecule has 1 atom stereocenters. The molecule has 5 nitrogen and oxygen atoms in total. The van der Waals surface area contributed by atoms with Crippen molar-refractivity contribution in [3.63, 3.8) is 0 Å². The van der Waals surface area contributed by atoms with Gasteiger partial charge >= 0.3 is 5.13 Å². The fourth-order valence-electron chi connectivity index (χ4n) is 3.18. The number of nitrogens with zero attached hydrogens (tertiary/aromatic N) is 5. The first-order chi connectivity index (χ1) is 10.3. The molecule has 0 bridgehead atoms. The van der Waals surface area contributed by atoms with Gasteiger partial charge in [-0.15, -0.1) is 0 Å². The van der Waals surface area contributed by atoms with E-state index in [1.54, 1.807) is 11.3 Å². The Balaban J connectivity index is 1.92. The van der Waals surface area contributed by atoms with E-state index in [0.29, 0.717) is 0 Å². The van der Waals surface area contributed by atoms with Crippen LogP contribution >= 0.6 is 11.3 Å². The number of thiazole rings is 1. The van der Waals surface area contributed by atoms with Gasteiger partial charge in [-0.25, -0.2) is 14.5 Å². The Kier molecular flexibility index (Phi) is 3.51. The van der Waals surface area contributed by atoms with Crippen LogP contribution in [0.2, 0.25) is 0 Å². The predicted molar refractivity (Wildman–Crippen MR) is 89.4 cm³/mol. The van der Waals surface area contributed by atoms with Crippen molar-refractivity contribution in [2.24, 2.45) is 14.1 Å². The normalized spacial score (nSPS) is 18.5. The number of imidazole rings is 1. The summed E-state index contributed by atoms with van der Waals surface area (Å²) < 4.78 is 4.34. The van der Waals surface area contributed by atoms with Gasteiger partial charge in [-0.1, -0.05) is 11.3 Å². The van der Waals surface area contributed by atoms with Crippen molar-refractivity contribution in [2.45, 2.75) is 39.4 Å². The molecule has 0 aromatic carbocycles. The molecule has 0 fully saturated rings. The van der Waals surface area contributed by atoms with E-state index >= 15 is 0 Å². The molecule has 118 valence electrons. The molecule has 2 aromatic heterocycles. The van der Waals surface area contributed by atoms with Crippen LogP contribution in [0.3, 0.4) is 0 Å². The zero-order chi connectivity index (χ0) is 16.1. The number of hydrogen-bond donors (Lipinski definition) is 0. The monoisotopic (exact) mass is 318 g/mol. The summed E-state index contributed by atoms with van der Waals surface area (Å²) >= 11 is 1.76. The number of hydrogen-bond acceptors (Lipinski definition) is 4. The van der Waals surface area contributed by atoms with Gasteiger partial charge in [0.05, 0.1) is 24.5 Å². The van der Waals surface area contributed by atoms with E-state index in [4.69, 9.17) is 0 Å². The molecule has 6 heteroatoms. The summed E-state index contributed by atoms with van der Waals surface area (Å²) in [6.45, 7) is 8.79. The van der Waals surface area contributed by atoms with Crippen molar-refractivity contribution in [3.8, 4) is 0 Å². The highest BCUT2D eigenvalue weighted by Crippen LogP contribution is 2.35. The van der Waals surface area contributed by atoms with Crippen LogP contribution in [0, 0.1) is 6.92 Å². The Morgan fingerprint density at radius 2 is 2.05 bits per heavy atom. The summed E-state index contributed by atoms with van der Waals surface area (Å²) in [6.07, 6.45) is 8.70. The van der Waals surface area contributed by atoms with Crippen LogP contribution in [0.4, 0.5) is 5.13 Å². The lowest BCUT2D eigenvalue weighted by Gasteiger charge is -2.38. The molecule has 1 aliphatic heterocycles. The minimum absolute atomic E-state index is 0.128. The fraction of sp³-hybridized carbons (Fsp3) is 0.500. The Labute approximate surface area is 136 Å². The second kappa shape index (κ2) is 5.12. The first-order valence-electron chi connectivity index (χ1n) is 7.51. The zero-order valence-electron chi connectivity index (χ0n) is 14.1. The van der Waals surface area contributed by atoms with Crippen molar-refractivity contribution in [2.75, 3.05) is 4.90 Å². The molecular weight excluding hydrogens is 294 g/mol. The summed E-state index contributed by atoms with van der Waals surface area (Å²) in [7, 11) is 4.17. The second-order valence-corrected chi connectivity index (χ2v) is 7.22. The quantitative estimate of drug-likeness (QED) is 0.814. The lowest BCUT2D eigenvalue weighted by molar-refractivity contribution is -0.654. The number of aromatic nitrogens is 3. The van der Waals surface area contributed by atoms with Crippen LogP contribution in [0.15, 0.2) is 30.2 Å². The molecule has 22 heavy (non-hydrogen) atoms. The minimum Gasteiger partial charge on any atom is -0.333 e. The first kappa shape index (κ1) is 15.1. The van der Waals surface area contributed by atoms with Gasteiger partial charge in [0.2, 0.25) is 0 Å². The topological polar surface area (TPSA) is 28.2 Å². The summed E-state index contributed by atoms with van der Waals surface area (Å²) in [5, 5.41) is 3.36. The van der Waals surface area contributed by atoms with Crippen molar-refractivity contribution in [1.29, 1.82) is 0 Å². The standard InChI is InChI=1S/C16H24N5S/c1-12-17-11-14(19(12)6)16(3,4)21-8-7-20(13(21)2)15-18(5)9-10-22-15/h7-11,13H,1-6H3/q+1/t13-/m1/s1. The average Bonchev–Trinajstić information content (AvgIpc) is 3.12. The van der Waals surface area contributed by atoms with Gasteiger partial charge in [0.1, 0.15) is 18.2 Å². The van der Waals surface area contributed by atoms with E-state index in [0.717, 1.165) is 5.82 Å². The molecule has 0 amide bonds. The molecule has 1 aliphatic rings. The van der Waals surface area contributed by atoms with Gasteiger partial charge in [-0.2, -0.15) is 0 Å². The Bertz CT molecular complexity index is 712. The van der Waals surface area contributed by atoms with Crippen LogP contribution in [0.5, 0.6) is 0 Å². The maximum Gasteiger partial charge on any atom is 0.342 e. The van der Waals surface area contributed by atoms with Crippen LogP contribution in [-0.2, 0) is 19.6 Å². The number of anilines is 1. The molecule has 3 rings (SSSR count). The molecule has 0 aliphatic carbocycles. The van der Waals surface area contributed by atoms with Gasteiger partial charge < -0.3 is 9.47 Å². The Morgan fingerprint density at radius 3 is 2.59 bits per heavy atom. The zero-order valence-corrected chi connectivity index (χ0v) is 14.9. The first-order valence-corrected chi connectivity index (χ1v) is 8.39. The predicted octanol–water partition coefficient (Wildman–Crippen LogP) is 2.49. The lowest BCUT2D eigenvalue weighted by Crippen LogP contribution is -2.48. The SMILES string of the molecule is Cc1ncc(C(C)(C)N2C=CN(c3scc[n+]3C)[C@H]2C)n1C. The van der Waals surface area contributed by atoms with Crippen molar-refractivity contribution < 1.29 is 4.57 Å². The molecule has 0 radical (unpaired) electrons. The smallest absolute Gasteiger partial charge is 0.333 e. The van der Waals surface area contributed by atoms with Crippen molar-refractivity contribution in [1.82, 2.24) is 14.5 Å². The van der Waals surface area contributed by atoms with E-state index in [2.05, 4.69) is 82.8 Å². The van der Waals surface area contributed by atoms with E-state index in [1.165, 1.54) is 10.8 Å². The summed E-state index contributed by atoms with van der Waals surface area (Å²) in [6, 6.07) is 0. The van der Waals surface area contributed by atoms with Gasteiger partial charge in [-0.3, -0.25) is 0 Å². The van der Waals surface area contributed by atoms with Gasteiger partial charge in [0.25, 0.3) is 0 Å². The van der Waals surface area contributed by atoms with Gasteiger partial charge in [0, 0.05) is 18.6 Å². The maximum atomic E-state index is 4.46. The molecule has 0 saturated heterocycles. The maximum absolute atomic E-state index is 4.46. The largest absolute Gasteiger partial charge is 0.342 e. The van der Waals surface area contributed by atoms with Crippen molar-refractivity contribution in [3.05, 3.63) is 41.7 Å². The van der Waals surface area contributed by atoms with E-state index in [1.807, 2.05) is 13.1 Å². The molecule has 0 saturated carbocycles. The van der Waals surface area contributed by atoms with E-state index in [-0.39, 0.29) is 11.7 Å². The molecule has 0 N–H and O–H groups in total. The molecule has 0 spiro atoms. The number of aryl methyl sites for hydroxylation is 2. The van der Waals surface area contributed by atoms with Gasteiger partial charge in [-0.05, 0) is 27.7 Å². The third-order valence-corrected chi connectivity index (χ3v) is 5.63. The highest BCUT2D eigenvalue weighted by atomic mass is 32.1. The molecule has 3 heterocycles. The van der Waals surface area contributed by atoms with Crippen LogP contribution in [-0.4, -0.2) is 20.6 Å². The summed E-state index contributed by atoms with van der Waals surface area (Å²) in [4.78, 5) is 9.17. The minimum atomic E-state index is -0.128. The molecule has 0 unspecified atom stereocenters. The molecular formula is C16H24N5S+. The van der Waals surface area contributed by atoms with Crippen molar-refractivity contribution >= 4 is 16.5 Å². The third kappa shape index (κ3) is 2.13. The lowest BCUT2D eigenvalue weighted by atomic mass is 9.98. The fourth-order valence-corrected chi connectivity index (χ4v) is 4.11. The van der Waals surface area contributed by atoms with Crippen LogP contribution in [0.1, 0.15) is 32.3 Å². The summed E-state index contributed by atoms with van der Waals surface area (Å²) in [5.74, 6) is 1.04. The highest BCUT2D eigenvalue weighted by molar-refractivity contribution is 7.13. The van der Waals surface area contributed by atoms with Crippen LogP contribution in [0.25, 0.3) is 0 Å². The molecule has 2 aromatic rings. The Morgan fingerprint density at radius 1 is 1.32 bits per heavy atom. The van der Waals surface area contributed by atoms with Crippen LogP contribution < -0.4 is 9.47 Å². The highest BCUT2D eigenvalue weighted by Gasteiger charge is 2.41. The Hall–Kier alpha value is -1.82. The average molecular weight is 318 g/mol. The van der Waals surface area contributed by atoms with E-state index < -0.39 is 0 Å². The second-order valence-electron chi connectivity index (χ2n) is 6.35. The summed E-state index contributed by atoms with van der Waals surface area (Å²) in [5.41, 5.74) is 1.09. The van der Waals surface area contributed by atoms with E-state index in [9.17, 15) is 0 Å².